The molecule has 0 saturated carbocycles. The van der Waals surface area contributed by atoms with E-state index in [1.165, 1.54) is 6.92 Å². The van der Waals surface area contributed by atoms with Crippen LogP contribution in [0.5, 0.6) is 0 Å². The van der Waals surface area contributed by atoms with Crippen LogP contribution in [0.2, 0.25) is 0 Å². The van der Waals surface area contributed by atoms with Crippen molar-refractivity contribution < 1.29 is 13.2 Å². The molecule has 0 spiro atoms. The van der Waals surface area contributed by atoms with Crippen molar-refractivity contribution in [3.05, 3.63) is 28.1 Å². The summed E-state index contributed by atoms with van der Waals surface area (Å²) in [6, 6.07) is 0. The molecule has 0 N–H and O–H groups in total. The van der Waals surface area contributed by atoms with Gasteiger partial charge in [0.15, 0.2) is 0 Å². The molecule has 1 heterocycles. The van der Waals surface area contributed by atoms with E-state index in [9.17, 15) is 13.2 Å². The predicted molar refractivity (Wildman–Crippen MR) is 50.7 cm³/mol. The molecule has 4 heteroatoms. The lowest BCUT2D eigenvalue weighted by Gasteiger charge is -2.16. The van der Waals surface area contributed by atoms with Gasteiger partial charge in [0.25, 0.3) is 0 Å². The van der Waals surface area contributed by atoms with Gasteiger partial charge in [0.2, 0.25) is 0 Å². The zero-order chi connectivity index (χ0) is 11.2. The third-order valence-electron chi connectivity index (χ3n) is 2.96. The molecule has 1 aromatic heterocycles. The van der Waals surface area contributed by atoms with Gasteiger partial charge in [0.05, 0.1) is 11.3 Å². The van der Waals surface area contributed by atoms with Gasteiger partial charge in [0, 0.05) is 5.69 Å². The van der Waals surface area contributed by atoms with E-state index in [2.05, 4.69) is 4.98 Å². The fraction of sp³-hybridized carbons (Fsp3) is 0.545. The Morgan fingerprint density at radius 3 is 2.40 bits per heavy atom. The van der Waals surface area contributed by atoms with E-state index in [1.54, 1.807) is 6.92 Å². The maximum Gasteiger partial charge on any atom is 0.418 e. The average Bonchev–Trinajstić information content (AvgIpc) is 2.48. The number of aromatic nitrogens is 1. The molecule has 82 valence electrons. The van der Waals surface area contributed by atoms with Crippen molar-refractivity contribution in [2.75, 3.05) is 0 Å². The van der Waals surface area contributed by atoms with Crippen LogP contribution >= 0.6 is 0 Å². The van der Waals surface area contributed by atoms with Gasteiger partial charge in [-0.15, -0.1) is 0 Å². The molecular weight excluding hydrogens is 203 g/mol. The van der Waals surface area contributed by atoms with Crippen LogP contribution in [0.4, 0.5) is 13.2 Å². The van der Waals surface area contributed by atoms with Crippen LogP contribution in [0.15, 0.2) is 0 Å². The first-order valence-electron chi connectivity index (χ1n) is 4.97. The third-order valence-corrected chi connectivity index (χ3v) is 2.96. The second kappa shape index (κ2) is 3.22. The molecule has 1 aliphatic carbocycles. The Morgan fingerprint density at radius 2 is 1.80 bits per heavy atom. The second-order valence-corrected chi connectivity index (χ2v) is 3.97. The second-order valence-electron chi connectivity index (χ2n) is 3.97. The summed E-state index contributed by atoms with van der Waals surface area (Å²) in [5.41, 5.74) is 1.62. The van der Waals surface area contributed by atoms with E-state index in [0.29, 0.717) is 5.56 Å². The van der Waals surface area contributed by atoms with Gasteiger partial charge in [0.1, 0.15) is 0 Å². The summed E-state index contributed by atoms with van der Waals surface area (Å²) in [5.74, 6) is 0. The molecule has 0 aliphatic heterocycles. The van der Waals surface area contributed by atoms with Crippen molar-refractivity contribution in [2.24, 2.45) is 0 Å². The number of halogens is 3. The highest BCUT2D eigenvalue weighted by Gasteiger charge is 2.37. The Kier molecular flexibility index (Phi) is 2.24. The first-order chi connectivity index (χ1) is 6.91. The minimum atomic E-state index is -4.28. The lowest BCUT2D eigenvalue weighted by Crippen LogP contribution is -2.13. The Balaban J connectivity index is 2.67. The highest BCUT2D eigenvalue weighted by Crippen LogP contribution is 2.37. The number of nitrogens with zero attached hydrogens (tertiary/aromatic N) is 1. The summed E-state index contributed by atoms with van der Waals surface area (Å²) in [5, 5.41) is 0. The minimum Gasteiger partial charge on any atom is -0.257 e. The highest BCUT2D eigenvalue weighted by molar-refractivity contribution is 5.43. The largest absolute Gasteiger partial charge is 0.418 e. The summed E-state index contributed by atoms with van der Waals surface area (Å²) in [4.78, 5) is 4.06. The molecule has 0 atom stereocenters. The first kappa shape index (κ1) is 10.5. The molecule has 1 nitrogen and oxygen atoms in total. The van der Waals surface area contributed by atoms with Crippen LogP contribution in [-0.2, 0) is 19.0 Å². The SMILES string of the molecule is Cc1nc2c(c(C)c1C(F)(F)F)CCC2. The van der Waals surface area contributed by atoms with Crippen molar-refractivity contribution in [1.82, 2.24) is 4.98 Å². The summed E-state index contributed by atoms with van der Waals surface area (Å²) in [7, 11) is 0. The number of rotatable bonds is 0. The molecular formula is C11H12F3N. The first-order valence-corrected chi connectivity index (χ1v) is 4.97. The van der Waals surface area contributed by atoms with Gasteiger partial charge in [-0.3, -0.25) is 4.98 Å². The molecule has 2 rings (SSSR count). The molecule has 0 amide bonds. The number of pyridine rings is 1. The number of hydrogen-bond acceptors (Lipinski definition) is 1. The molecule has 1 aromatic rings. The quantitative estimate of drug-likeness (QED) is 0.647. The Hall–Kier alpha value is -1.06. The van der Waals surface area contributed by atoms with Crippen LogP contribution in [0.25, 0.3) is 0 Å². The normalized spacial score (nSPS) is 15.5. The van der Waals surface area contributed by atoms with E-state index in [1.807, 2.05) is 0 Å². The van der Waals surface area contributed by atoms with Crippen LogP contribution in [-0.4, -0.2) is 4.98 Å². The molecule has 0 fully saturated rings. The summed E-state index contributed by atoms with van der Waals surface area (Å²) >= 11 is 0. The zero-order valence-corrected chi connectivity index (χ0v) is 8.70. The van der Waals surface area contributed by atoms with E-state index in [4.69, 9.17) is 0 Å². The molecule has 0 aromatic carbocycles. The van der Waals surface area contributed by atoms with Crippen LogP contribution in [0, 0.1) is 13.8 Å². The Labute approximate surface area is 86.3 Å². The van der Waals surface area contributed by atoms with E-state index < -0.39 is 11.7 Å². The van der Waals surface area contributed by atoms with Crippen molar-refractivity contribution in [1.29, 1.82) is 0 Å². The van der Waals surface area contributed by atoms with Crippen molar-refractivity contribution >= 4 is 0 Å². The van der Waals surface area contributed by atoms with Gasteiger partial charge in [-0.1, -0.05) is 0 Å². The number of fused-ring (bicyclic) bond motifs is 1. The summed E-state index contributed by atoms with van der Waals surface area (Å²) in [6.07, 6.45) is -1.81. The maximum atomic E-state index is 12.7. The fourth-order valence-electron chi connectivity index (χ4n) is 2.35. The smallest absolute Gasteiger partial charge is 0.257 e. The highest BCUT2D eigenvalue weighted by atomic mass is 19.4. The number of alkyl halides is 3. The lowest BCUT2D eigenvalue weighted by atomic mass is 10.0. The monoisotopic (exact) mass is 215 g/mol. The molecule has 0 bridgehead atoms. The van der Waals surface area contributed by atoms with Crippen molar-refractivity contribution in [3.63, 3.8) is 0 Å². The van der Waals surface area contributed by atoms with E-state index >= 15 is 0 Å². The zero-order valence-electron chi connectivity index (χ0n) is 8.70. The summed E-state index contributed by atoms with van der Waals surface area (Å²) < 4.78 is 38.2. The Morgan fingerprint density at radius 1 is 1.13 bits per heavy atom. The molecule has 0 saturated heterocycles. The minimum absolute atomic E-state index is 0.112. The maximum absolute atomic E-state index is 12.7. The van der Waals surface area contributed by atoms with Crippen molar-refractivity contribution in [3.8, 4) is 0 Å². The van der Waals surface area contributed by atoms with E-state index in [0.717, 1.165) is 30.5 Å². The van der Waals surface area contributed by atoms with Gasteiger partial charge in [-0.05, 0) is 44.2 Å². The Bertz CT molecular complexity index is 407. The van der Waals surface area contributed by atoms with Crippen LogP contribution in [0.1, 0.15) is 34.5 Å². The predicted octanol–water partition coefficient (Wildman–Crippen LogP) is 3.21. The van der Waals surface area contributed by atoms with Gasteiger partial charge < -0.3 is 0 Å². The molecule has 0 unspecified atom stereocenters. The van der Waals surface area contributed by atoms with Crippen LogP contribution < -0.4 is 0 Å². The standard InChI is InChI=1S/C11H12F3N/c1-6-8-4-3-5-9(8)15-7(2)10(6)11(12,13)14/h3-5H2,1-2H3. The van der Waals surface area contributed by atoms with Crippen molar-refractivity contribution in [2.45, 2.75) is 39.3 Å². The van der Waals surface area contributed by atoms with Crippen LogP contribution in [0.3, 0.4) is 0 Å². The average molecular weight is 215 g/mol. The lowest BCUT2D eigenvalue weighted by molar-refractivity contribution is -0.138. The summed E-state index contributed by atoms with van der Waals surface area (Å²) in [6.45, 7) is 3.00. The van der Waals surface area contributed by atoms with Gasteiger partial charge >= 0.3 is 6.18 Å². The van der Waals surface area contributed by atoms with Gasteiger partial charge in [-0.25, -0.2) is 0 Å². The van der Waals surface area contributed by atoms with E-state index in [-0.39, 0.29) is 5.69 Å². The molecule has 0 radical (unpaired) electrons. The van der Waals surface area contributed by atoms with Gasteiger partial charge in [-0.2, -0.15) is 13.2 Å². The third kappa shape index (κ3) is 1.62. The number of aryl methyl sites for hydroxylation is 2. The molecule has 15 heavy (non-hydrogen) atoms. The number of hydrogen-bond donors (Lipinski definition) is 0. The fourth-order valence-corrected chi connectivity index (χ4v) is 2.35. The topological polar surface area (TPSA) is 12.9 Å². The molecule has 1 aliphatic rings.